The van der Waals surface area contributed by atoms with Gasteiger partial charge in [-0.05, 0) is 37.0 Å². The first-order valence-electron chi connectivity index (χ1n) is 8.54. The molecule has 3 rings (SSSR count). The molecule has 1 atom stereocenters. The summed E-state index contributed by atoms with van der Waals surface area (Å²) in [7, 11) is -2.11. The zero-order chi connectivity index (χ0) is 18.0. The van der Waals surface area contributed by atoms with Gasteiger partial charge < -0.3 is 9.64 Å². The summed E-state index contributed by atoms with van der Waals surface area (Å²) in [5, 5.41) is 0.339. The number of piperidine rings is 1. The molecule has 1 saturated heterocycles. The van der Waals surface area contributed by atoms with Crippen LogP contribution in [0.4, 0.5) is 0 Å². The first kappa shape index (κ1) is 18.5. The number of nitrogens with zero attached hydrogens (tertiary/aromatic N) is 1. The summed E-state index contributed by atoms with van der Waals surface area (Å²) in [4.78, 5) is 13.2. The first-order valence-corrected chi connectivity index (χ1v) is 10.4. The number of carbonyl (C=O) groups excluding carboxylic acids is 1. The number of ether oxygens (including phenoxy) is 1. The molecule has 1 saturated carbocycles. The number of likely N-dealkylation sites (N-methyl/N-ethyl adjacent to an activating group) is 1. The second-order valence-electron chi connectivity index (χ2n) is 6.80. The van der Waals surface area contributed by atoms with Gasteiger partial charge in [0, 0.05) is 31.1 Å². The van der Waals surface area contributed by atoms with Gasteiger partial charge in [0.2, 0.25) is 15.9 Å². The molecule has 138 valence electrons. The van der Waals surface area contributed by atoms with E-state index in [1.165, 1.54) is 18.9 Å². The summed E-state index contributed by atoms with van der Waals surface area (Å²) < 4.78 is 34.0. The van der Waals surface area contributed by atoms with Crippen LogP contribution in [0, 0.1) is 5.92 Å². The Hall–Kier alpha value is -1.31. The molecule has 25 heavy (non-hydrogen) atoms. The average molecular weight is 387 g/mol. The molecule has 0 aromatic heterocycles. The maximum absolute atomic E-state index is 12.8. The van der Waals surface area contributed by atoms with Crippen LogP contribution in [0.25, 0.3) is 0 Å². The van der Waals surface area contributed by atoms with E-state index in [4.69, 9.17) is 16.3 Å². The predicted molar refractivity (Wildman–Crippen MR) is 95.3 cm³/mol. The standard InChI is InChI=1S/C17H23ClN2O4S/c1-20-11-14(5-7-17(20)21)19-25(22,23)16-10-13(18)4-6-15(16)24-9-8-12-2-3-12/h4,6,10,12,14,19H,2-3,5,7-9,11H2,1H3/t14-/m1/s1. The minimum absolute atomic E-state index is 0.0299. The van der Waals surface area contributed by atoms with Gasteiger partial charge in [-0.2, -0.15) is 0 Å². The van der Waals surface area contributed by atoms with Crippen molar-refractivity contribution in [3.8, 4) is 5.75 Å². The van der Waals surface area contributed by atoms with Crippen molar-refractivity contribution in [1.82, 2.24) is 9.62 Å². The van der Waals surface area contributed by atoms with Crippen LogP contribution >= 0.6 is 11.6 Å². The van der Waals surface area contributed by atoms with Crippen LogP contribution < -0.4 is 9.46 Å². The molecule has 6 nitrogen and oxygen atoms in total. The van der Waals surface area contributed by atoms with Crippen LogP contribution in [0.1, 0.15) is 32.1 Å². The number of benzene rings is 1. The predicted octanol–water partition coefficient (Wildman–Crippen LogP) is 2.42. The fraction of sp³-hybridized carbons (Fsp3) is 0.588. The second-order valence-corrected chi connectivity index (χ2v) is 8.92. The Kier molecular flexibility index (Phi) is 5.55. The molecule has 0 spiro atoms. The Labute approximate surface area is 153 Å². The van der Waals surface area contributed by atoms with Gasteiger partial charge in [0.1, 0.15) is 10.6 Å². The van der Waals surface area contributed by atoms with Crippen molar-refractivity contribution < 1.29 is 17.9 Å². The number of halogens is 1. The fourth-order valence-corrected chi connectivity index (χ4v) is 4.61. The third kappa shape index (κ3) is 4.86. The maximum Gasteiger partial charge on any atom is 0.244 e. The molecule has 2 fully saturated rings. The molecule has 0 bridgehead atoms. The molecule has 2 aliphatic rings. The highest BCUT2D eigenvalue weighted by Crippen LogP contribution is 2.33. The quantitative estimate of drug-likeness (QED) is 0.780. The molecule has 1 amide bonds. The van der Waals surface area contributed by atoms with Crippen LogP contribution in [-0.4, -0.2) is 45.5 Å². The summed E-state index contributed by atoms with van der Waals surface area (Å²) in [6.45, 7) is 0.853. The fourth-order valence-electron chi connectivity index (χ4n) is 2.94. The monoisotopic (exact) mass is 386 g/mol. The largest absolute Gasteiger partial charge is 0.492 e. The van der Waals surface area contributed by atoms with E-state index in [0.717, 1.165) is 6.42 Å². The van der Waals surface area contributed by atoms with Gasteiger partial charge in [0.05, 0.1) is 6.61 Å². The van der Waals surface area contributed by atoms with Gasteiger partial charge in [-0.15, -0.1) is 0 Å². The Bertz CT molecular complexity index is 749. The highest BCUT2D eigenvalue weighted by atomic mass is 35.5. The van der Waals surface area contributed by atoms with Crippen molar-refractivity contribution in [3.63, 3.8) is 0 Å². The average Bonchev–Trinajstić information content (AvgIpc) is 3.36. The molecule has 0 radical (unpaired) electrons. The van der Waals surface area contributed by atoms with E-state index in [9.17, 15) is 13.2 Å². The summed E-state index contributed by atoms with van der Waals surface area (Å²) in [5.41, 5.74) is 0. The van der Waals surface area contributed by atoms with E-state index >= 15 is 0 Å². The third-order valence-electron chi connectivity index (χ3n) is 4.62. The number of sulfonamides is 1. The van der Waals surface area contributed by atoms with Gasteiger partial charge in [-0.1, -0.05) is 24.4 Å². The highest BCUT2D eigenvalue weighted by molar-refractivity contribution is 7.89. The summed E-state index contributed by atoms with van der Waals surface area (Å²) in [6.07, 6.45) is 4.21. The SMILES string of the molecule is CN1C[C@H](NS(=O)(=O)c2cc(Cl)ccc2OCCC2CC2)CCC1=O. The molecule has 1 aromatic carbocycles. The number of carbonyl (C=O) groups is 1. The highest BCUT2D eigenvalue weighted by Gasteiger charge is 2.29. The lowest BCUT2D eigenvalue weighted by Crippen LogP contribution is -2.48. The maximum atomic E-state index is 12.8. The van der Waals surface area contributed by atoms with Crippen LogP contribution in [-0.2, 0) is 14.8 Å². The molecule has 0 unspecified atom stereocenters. The van der Waals surface area contributed by atoms with Crippen LogP contribution in [0.3, 0.4) is 0 Å². The minimum atomic E-state index is -3.79. The van der Waals surface area contributed by atoms with E-state index in [0.29, 0.717) is 42.7 Å². The molecule has 8 heteroatoms. The van der Waals surface area contributed by atoms with Gasteiger partial charge in [0.25, 0.3) is 0 Å². The second kappa shape index (κ2) is 7.51. The van der Waals surface area contributed by atoms with E-state index < -0.39 is 10.0 Å². The molecule has 1 heterocycles. The molecular formula is C17H23ClN2O4S. The Morgan fingerprint density at radius 2 is 2.08 bits per heavy atom. The van der Waals surface area contributed by atoms with E-state index in [2.05, 4.69) is 4.72 Å². The van der Waals surface area contributed by atoms with Crippen molar-refractivity contribution in [1.29, 1.82) is 0 Å². The van der Waals surface area contributed by atoms with Crippen LogP contribution in [0.5, 0.6) is 5.75 Å². The zero-order valence-electron chi connectivity index (χ0n) is 14.2. The normalized spacial score (nSPS) is 21.4. The Balaban J connectivity index is 1.73. The number of hydrogen-bond donors (Lipinski definition) is 1. The van der Waals surface area contributed by atoms with Gasteiger partial charge in [-0.25, -0.2) is 13.1 Å². The number of likely N-dealkylation sites (tertiary alicyclic amines) is 1. The van der Waals surface area contributed by atoms with Crippen molar-refractivity contribution >= 4 is 27.5 Å². The summed E-state index contributed by atoms with van der Waals surface area (Å²) >= 11 is 6.00. The van der Waals surface area contributed by atoms with Crippen molar-refractivity contribution in [2.75, 3.05) is 20.2 Å². The molecule has 1 N–H and O–H groups in total. The van der Waals surface area contributed by atoms with Crippen molar-refractivity contribution in [2.24, 2.45) is 5.92 Å². The van der Waals surface area contributed by atoms with Gasteiger partial charge >= 0.3 is 0 Å². The lowest BCUT2D eigenvalue weighted by Gasteiger charge is -2.30. The van der Waals surface area contributed by atoms with E-state index in [1.54, 1.807) is 24.1 Å². The number of amides is 1. The van der Waals surface area contributed by atoms with Gasteiger partial charge in [-0.3, -0.25) is 4.79 Å². The van der Waals surface area contributed by atoms with Crippen molar-refractivity contribution in [3.05, 3.63) is 23.2 Å². The van der Waals surface area contributed by atoms with Crippen LogP contribution in [0.15, 0.2) is 23.1 Å². The molecule has 1 aromatic rings. The smallest absolute Gasteiger partial charge is 0.244 e. The van der Waals surface area contributed by atoms with E-state index in [1.807, 2.05) is 0 Å². The topological polar surface area (TPSA) is 75.7 Å². The zero-order valence-corrected chi connectivity index (χ0v) is 15.8. The number of hydrogen-bond acceptors (Lipinski definition) is 4. The molecule has 1 aliphatic carbocycles. The lowest BCUT2D eigenvalue weighted by atomic mass is 10.1. The molecule has 1 aliphatic heterocycles. The minimum Gasteiger partial charge on any atom is -0.492 e. The van der Waals surface area contributed by atoms with E-state index in [-0.39, 0.29) is 16.8 Å². The molecular weight excluding hydrogens is 364 g/mol. The van der Waals surface area contributed by atoms with Gasteiger partial charge in [0.15, 0.2) is 0 Å². The first-order chi connectivity index (χ1) is 11.8. The number of nitrogens with one attached hydrogen (secondary N) is 1. The number of rotatable bonds is 7. The summed E-state index contributed by atoms with van der Waals surface area (Å²) in [5.74, 6) is 1.06. The Morgan fingerprint density at radius 3 is 2.76 bits per heavy atom. The van der Waals surface area contributed by atoms with Crippen molar-refractivity contribution in [2.45, 2.75) is 43.0 Å². The third-order valence-corrected chi connectivity index (χ3v) is 6.40. The Morgan fingerprint density at radius 1 is 1.32 bits per heavy atom. The van der Waals surface area contributed by atoms with Crippen LogP contribution in [0.2, 0.25) is 5.02 Å². The lowest BCUT2D eigenvalue weighted by molar-refractivity contribution is -0.132. The summed E-state index contributed by atoms with van der Waals surface area (Å²) in [6, 6.07) is 4.32.